The summed E-state index contributed by atoms with van der Waals surface area (Å²) in [6.07, 6.45) is 0.616. The van der Waals surface area contributed by atoms with Gasteiger partial charge in [-0.25, -0.2) is 8.42 Å². The fourth-order valence-electron chi connectivity index (χ4n) is 3.33. The van der Waals surface area contributed by atoms with Crippen LogP contribution in [0.2, 0.25) is 0 Å². The van der Waals surface area contributed by atoms with Crippen LogP contribution in [0.25, 0.3) is 0 Å². The van der Waals surface area contributed by atoms with Gasteiger partial charge in [-0.15, -0.1) is 0 Å². The van der Waals surface area contributed by atoms with E-state index in [1.807, 2.05) is 55.5 Å². The normalized spacial score (nSPS) is 12.3. The highest BCUT2D eigenvalue weighted by atomic mass is 32.2. The monoisotopic (exact) mass is 467 g/mol. The molecule has 1 unspecified atom stereocenters. The Labute approximate surface area is 195 Å². The SMILES string of the molecule is CC(CS(=O)(=O)c1ccccc1)NCc1ccc(COc2ccc(CCC(=O)O)cc2)cc1. The third kappa shape index (κ3) is 8.04. The molecule has 174 valence electrons. The van der Waals surface area contributed by atoms with Crippen LogP contribution >= 0.6 is 0 Å². The lowest BCUT2D eigenvalue weighted by atomic mass is 10.1. The molecule has 0 aromatic heterocycles. The van der Waals surface area contributed by atoms with Gasteiger partial charge in [0.05, 0.1) is 10.6 Å². The quantitative estimate of drug-likeness (QED) is 0.414. The van der Waals surface area contributed by atoms with E-state index in [-0.39, 0.29) is 18.2 Å². The van der Waals surface area contributed by atoms with Crippen LogP contribution in [0, 0.1) is 0 Å². The fraction of sp³-hybridized carbons (Fsp3) is 0.269. The molecule has 3 aromatic rings. The number of aliphatic carboxylic acids is 1. The first-order valence-electron chi connectivity index (χ1n) is 10.8. The number of rotatable bonds is 12. The minimum atomic E-state index is -3.32. The summed E-state index contributed by atoms with van der Waals surface area (Å²) in [6.45, 7) is 2.87. The van der Waals surface area contributed by atoms with Gasteiger partial charge in [0.25, 0.3) is 0 Å². The Morgan fingerprint density at radius 3 is 2.15 bits per heavy atom. The van der Waals surface area contributed by atoms with E-state index in [2.05, 4.69) is 5.32 Å². The van der Waals surface area contributed by atoms with Crippen LogP contribution in [0.3, 0.4) is 0 Å². The van der Waals surface area contributed by atoms with Gasteiger partial charge in [0, 0.05) is 19.0 Å². The minimum Gasteiger partial charge on any atom is -0.489 e. The van der Waals surface area contributed by atoms with Gasteiger partial charge in [0.15, 0.2) is 9.84 Å². The molecule has 0 spiro atoms. The maximum atomic E-state index is 12.5. The summed E-state index contributed by atoms with van der Waals surface area (Å²) < 4.78 is 30.8. The lowest BCUT2D eigenvalue weighted by Gasteiger charge is -2.14. The van der Waals surface area contributed by atoms with Crippen molar-refractivity contribution in [1.29, 1.82) is 0 Å². The molecule has 3 aromatic carbocycles. The number of carboxylic acid groups (broad SMARTS) is 1. The zero-order valence-corrected chi connectivity index (χ0v) is 19.4. The van der Waals surface area contributed by atoms with E-state index >= 15 is 0 Å². The van der Waals surface area contributed by atoms with Crippen LogP contribution in [0.15, 0.2) is 83.8 Å². The second kappa shape index (κ2) is 11.6. The van der Waals surface area contributed by atoms with Crippen molar-refractivity contribution in [2.24, 2.45) is 0 Å². The zero-order chi connectivity index (χ0) is 23.7. The third-order valence-electron chi connectivity index (χ3n) is 5.21. The van der Waals surface area contributed by atoms with E-state index < -0.39 is 15.8 Å². The molecule has 0 radical (unpaired) electrons. The molecule has 0 heterocycles. The van der Waals surface area contributed by atoms with Gasteiger partial charge in [0.2, 0.25) is 0 Å². The molecule has 0 saturated heterocycles. The van der Waals surface area contributed by atoms with Crippen LogP contribution in [0.1, 0.15) is 30.0 Å². The Bertz CT molecular complexity index is 1130. The molecular formula is C26H29NO5S. The molecule has 0 fully saturated rings. The van der Waals surface area contributed by atoms with E-state index in [0.717, 1.165) is 22.4 Å². The van der Waals surface area contributed by atoms with Crippen molar-refractivity contribution >= 4 is 15.8 Å². The topological polar surface area (TPSA) is 92.7 Å². The van der Waals surface area contributed by atoms with Gasteiger partial charge in [-0.1, -0.05) is 54.6 Å². The van der Waals surface area contributed by atoms with Gasteiger partial charge >= 0.3 is 5.97 Å². The molecule has 0 aliphatic carbocycles. The molecule has 2 N–H and O–H groups in total. The molecule has 33 heavy (non-hydrogen) atoms. The van der Waals surface area contributed by atoms with E-state index in [1.54, 1.807) is 30.3 Å². The standard InChI is InChI=1S/C26H29NO5S/c1-20(19-33(30,31)25-5-3-2-4-6-25)27-17-22-7-9-23(10-8-22)18-32-24-14-11-21(12-15-24)13-16-26(28)29/h2-12,14-15,20,27H,13,16-19H2,1H3,(H,28,29). The number of hydrogen-bond donors (Lipinski definition) is 2. The lowest BCUT2D eigenvalue weighted by molar-refractivity contribution is -0.136. The largest absolute Gasteiger partial charge is 0.489 e. The highest BCUT2D eigenvalue weighted by Gasteiger charge is 2.17. The van der Waals surface area contributed by atoms with Crippen LogP contribution in [0.4, 0.5) is 0 Å². The summed E-state index contributed by atoms with van der Waals surface area (Å²) in [5, 5.41) is 12.0. The maximum Gasteiger partial charge on any atom is 0.303 e. The van der Waals surface area contributed by atoms with Crippen molar-refractivity contribution in [2.75, 3.05) is 5.75 Å². The molecule has 6 nitrogen and oxygen atoms in total. The van der Waals surface area contributed by atoms with Gasteiger partial charge in [0.1, 0.15) is 12.4 Å². The van der Waals surface area contributed by atoms with Crippen molar-refractivity contribution in [3.8, 4) is 5.75 Å². The number of benzene rings is 3. The van der Waals surface area contributed by atoms with Crippen molar-refractivity contribution in [3.63, 3.8) is 0 Å². The summed E-state index contributed by atoms with van der Waals surface area (Å²) in [5.41, 5.74) is 3.05. The number of ether oxygens (including phenoxy) is 1. The number of hydrogen-bond acceptors (Lipinski definition) is 5. The Balaban J connectivity index is 1.44. The second-order valence-corrected chi connectivity index (χ2v) is 10.1. The average molecular weight is 468 g/mol. The van der Waals surface area contributed by atoms with E-state index in [4.69, 9.17) is 9.84 Å². The second-order valence-electron chi connectivity index (χ2n) is 8.02. The highest BCUT2D eigenvalue weighted by Crippen LogP contribution is 2.16. The molecule has 0 bridgehead atoms. The van der Waals surface area contributed by atoms with Gasteiger partial charge in [-0.3, -0.25) is 4.79 Å². The first-order valence-corrected chi connectivity index (χ1v) is 12.5. The Morgan fingerprint density at radius 1 is 0.909 bits per heavy atom. The molecule has 3 rings (SSSR count). The molecular weight excluding hydrogens is 438 g/mol. The highest BCUT2D eigenvalue weighted by molar-refractivity contribution is 7.91. The Hall–Kier alpha value is -3.16. The van der Waals surface area contributed by atoms with Crippen LogP contribution in [-0.4, -0.2) is 31.3 Å². The molecule has 0 saturated carbocycles. The number of sulfone groups is 1. The first-order chi connectivity index (χ1) is 15.8. The first kappa shape index (κ1) is 24.5. The van der Waals surface area contributed by atoms with Gasteiger partial charge in [-0.05, 0) is 54.3 Å². The summed E-state index contributed by atoms with van der Waals surface area (Å²) in [5.74, 6) is -0.0354. The van der Waals surface area contributed by atoms with Crippen molar-refractivity contribution in [2.45, 2.75) is 43.9 Å². The van der Waals surface area contributed by atoms with Gasteiger partial charge in [-0.2, -0.15) is 0 Å². The average Bonchev–Trinajstić information content (AvgIpc) is 2.81. The smallest absolute Gasteiger partial charge is 0.303 e. The van der Waals surface area contributed by atoms with Crippen molar-refractivity contribution in [3.05, 3.63) is 95.6 Å². The summed E-state index contributed by atoms with van der Waals surface area (Å²) in [7, 11) is -3.32. The Kier molecular flexibility index (Phi) is 8.63. The van der Waals surface area contributed by atoms with Crippen LogP contribution in [-0.2, 0) is 34.2 Å². The van der Waals surface area contributed by atoms with Crippen molar-refractivity contribution < 1.29 is 23.1 Å². The number of aryl methyl sites for hydroxylation is 1. The summed E-state index contributed by atoms with van der Waals surface area (Å²) in [4.78, 5) is 11.0. The molecule has 0 amide bonds. The van der Waals surface area contributed by atoms with Crippen molar-refractivity contribution in [1.82, 2.24) is 5.32 Å². The third-order valence-corrected chi connectivity index (χ3v) is 7.13. The van der Waals surface area contributed by atoms with Crippen LogP contribution < -0.4 is 10.1 Å². The Morgan fingerprint density at radius 2 is 1.52 bits per heavy atom. The minimum absolute atomic E-state index is 0.0397. The predicted octanol–water partition coefficient (Wildman–Crippen LogP) is 4.23. The maximum absolute atomic E-state index is 12.5. The molecule has 1 atom stereocenters. The zero-order valence-electron chi connectivity index (χ0n) is 18.6. The summed E-state index contributed by atoms with van der Waals surface area (Å²) >= 11 is 0. The number of carboxylic acids is 1. The van der Waals surface area contributed by atoms with E-state index in [0.29, 0.717) is 24.5 Å². The molecule has 0 aliphatic heterocycles. The lowest BCUT2D eigenvalue weighted by Crippen LogP contribution is -2.32. The number of nitrogens with one attached hydrogen (secondary N) is 1. The van der Waals surface area contributed by atoms with Crippen LogP contribution in [0.5, 0.6) is 5.75 Å². The predicted molar refractivity (Wildman–Crippen MR) is 128 cm³/mol. The molecule has 0 aliphatic rings. The fourth-order valence-corrected chi connectivity index (χ4v) is 4.87. The number of carbonyl (C=O) groups is 1. The van der Waals surface area contributed by atoms with E-state index in [1.165, 1.54) is 0 Å². The van der Waals surface area contributed by atoms with Gasteiger partial charge < -0.3 is 15.2 Å². The summed E-state index contributed by atoms with van der Waals surface area (Å²) in [6, 6.07) is 23.8. The van der Waals surface area contributed by atoms with E-state index in [9.17, 15) is 13.2 Å². The molecule has 7 heteroatoms.